The van der Waals surface area contributed by atoms with E-state index in [2.05, 4.69) is 46.5 Å². The molecule has 1 aliphatic rings. The van der Waals surface area contributed by atoms with Gasteiger partial charge in [-0.2, -0.15) is 5.10 Å². The van der Waals surface area contributed by atoms with Crippen LogP contribution in [-0.2, 0) is 6.42 Å². The van der Waals surface area contributed by atoms with E-state index >= 15 is 0 Å². The molecule has 2 heterocycles. The maximum absolute atomic E-state index is 5.86. The Morgan fingerprint density at radius 1 is 1.11 bits per heavy atom. The van der Waals surface area contributed by atoms with Crippen molar-refractivity contribution in [2.24, 2.45) is 0 Å². The predicted octanol–water partition coefficient (Wildman–Crippen LogP) is 2.41. The molecule has 4 rings (SSSR count). The molecule has 0 aliphatic heterocycles. The lowest BCUT2D eigenvalue weighted by Crippen LogP contribution is -2.01. The maximum Gasteiger partial charge on any atom is 0.151 e. The van der Waals surface area contributed by atoms with Gasteiger partial charge in [0, 0.05) is 6.42 Å². The largest absolute Gasteiger partial charge is 0.382 e. The topological polar surface area (TPSA) is 56.2 Å². The fourth-order valence-electron chi connectivity index (χ4n) is 2.64. The molecule has 19 heavy (non-hydrogen) atoms. The van der Waals surface area contributed by atoms with E-state index in [1.54, 1.807) is 0 Å². The van der Waals surface area contributed by atoms with Crippen molar-refractivity contribution in [1.29, 1.82) is 0 Å². The number of anilines is 1. The Bertz CT molecular complexity index is 814. The van der Waals surface area contributed by atoms with Gasteiger partial charge in [-0.05, 0) is 34.9 Å². The van der Waals surface area contributed by atoms with Gasteiger partial charge in [0.25, 0.3) is 0 Å². The van der Waals surface area contributed by atoms with Crippen LogP contribution >= 0.6 is 0 Å². The number of nitrogen functional groups attached to an aromatic ring is 1. The minimum absolute atomic E-state index is 0.511. The highest BCUT2D eigenvalue weighted by atomic mass is 15.3. The van der Waals surface area contributed by atoms with E-state index in [4.69, 9.17) is 5.73 Å². The summed E-state index contributed by atoms with van der Waals surface area (Å²) >= 11 is 0. The molecule has 0 unspecified atom stereocenters. The van der Waals surface area contributed by atoms with Crippen LogP contribution in [0.4, 0.5) is 5.82 Å². The number of nitrogens with zero attached hydrogens (tertiary/aromatic N) is 3. The average Bonchev–Trinajstić information content (AvgIpc) is 3.02. The summed E-state index contributed by atoms with van der Waals surface area (Å²) in [5.41, 5.74) is 11.7. The van der Waals surface area contributed by atoms with Crippen LogP contribution < -0.4 is 5.73 Å². The Hall–Kier alpha value is -2.62. The Labute approximate surface area is 110 Å². The lowest BCUT2D eigenvalue weighted by atomic mass is 10.1. The zero-order valence-electron chi connectivity index (χ0n) is 10.2. The standard InChI is InChI=1S/C15H12N4/c16-15-14-6-5-13(19(14)18-9-17-15)12-7-10-3-1-2-4-11(10)8-12/h1-7,9H,8H2,(H2,16,17,18). The molecular formula is C15H12N4. The molecule has 0 saturated carbocycles. The van der Waals surface area contributed by atoms with Crippen molar-refractivity contribution in [2.45, 2.75) is 6.42 Å². The molecule has 4 nitrogen and oxygen atoms in total. The van der Waals surface area contributed by atoms with Gasteiger partial charge >= 0.3 is 0 Å². The van der Waals surface area contributed by atoms with Gasteiger partial charge in [-0.25, -0.2) is 9.50 Å². The van der Waals surface area contributed by atoms with E-state index in [1.165, 1.54) is 23.0 Å². The first-order valence-electron chi connectivity index (χ1n) is 6.20. The van der Waals surface area contributed by atoms with Crippen molar-refractivity contribution in [2.75, 3.05) is 5.73 Å². The van der Waals surface area contributed by atoms with Crippen molar-refractivity contribution in [3.63, 3.8) is 0 Å². The molecule has 0 saturated heterocycles. The lowest BCUT2D eigenvalue weighted by Gasteiger charge is -2.03. The van der Waals surface area contributed by atoms with Gasteiger partial charge in [-0.15, -0.1) is 0 Å². The van der Waals surface area contributed by atoms with Crippen LogP contribution in [0.25, 0.3) is 17.2 Å². The molecule has 4 heteroatoms. The minimum Gasteiger partial charge on any atom is -0.382 e. The van der Waals surface area contributed by atoms with E-state index in [1.807, 2.05) is 10.6 Å². The third kappa shape index (κ3) is 1.46. The number of benzene rings is 1. The van der Waals surface area contributed by atoms with Crippen LogP contribution in [0.5, 0.6) is 0 Å². The van der Waals surface area contributed by atoms with Crippen LogP contribution in [0.3, 0.4) is 0 Å². The summed E-state index contributed by atoms with van der Waals surface area (Å²) in [6.45, 7) is 0. The molecule has 3 aromatic rings. The number of aromatic nitrogens is 3. The van der Waals surface area contributed by atoms with E-state index in [0.29, 0.717) is 5.82 Å². The third-order valence-electron chi connectivity index (χ3n) is 3.58. The van der Waals surface area contributed by atoms with Crippen LogP contribution in [0, 0.1) is 0 Å². The highest BCUT2D eigenvalue weighted by molar-refractivity contribution is 5.89. The Morgan fingerprint density at radius 3 is 2.89 bits per heavy atom. The molecule has 0 atom stereocenters. The van der Waals surface area contributed by atoms with Crippen LogP contribution in [0.1, 0.15) is 16.8 Å². The average molecular weight is 248 g/mol. The molecule has 2 N–H and O–H groups in total. The van der Waals surface area contributed by atoms with Gasteiger partial charge in [-0.3, -0.25) is 0 Å². The van der Waals surface area contributed by atoms with Crippen molar-refractivity contribution in [3.8, 4) is 0 Å². The molecule has 0 fully saturated rings. The summed E-state index contributed by atoms with van der Waals surface area (Å²) in [7, 11) is 0. The van der Waals surface area contributed by atoms with E-state index in [0.717, 1.165) is 17.6 Å². The zero-order chi connectivity index (χ0) is 12.8. The van der Waals surface area contributed by atoms with E-state index < -0.39 is 0 Å². The second-order valence-corrected chi connectivity index (χ2v) is 4.71. The van der Waals surface area contributed by atoms with Gasteiger partial charge < -0.3 is 5.73 Å². The number of rotatable bonds is 1. The highest BCUT2D eigenvalue weighted by Gasteiger charge is 2.17. The van der Waals surface area contributed by atoms with Gasteiger partial charge in [0.1, 0.15) is 11.8 Å². The molecule has 0 radical (unpaired) electrons. The third-order valence-corrected chi connectivity index (χ3v) is 3.58. The number of allylic oxidation sites excluding steroid dienone is 1. The van der Waals surface area contributed by atoms with Gasteiger partial charge in [0.15, 0.2) is 5.82 Å². The molecule has 2 aromatic heterocycles. The lowest BCUT2D eigenvalue weighted by molar-refractivity contribution is 0.892. The molecule has 0 spiro atoms. The summed E-state index contributed by atoms with van der Waals surface area (Å²) in [5.74, 6) is 0.511. The normalized spacial score (nSPS) is 13.6. The monoisotopic (exact) mass is 248 g/mol. The summed E-state index contributed by atoms with van der Waals surface area (Å²) < 4.78 is 1.86. The van der Waals surface area contributed by atoms with E-state index in [9.17, 15) is 0 Å². The second kappa shape index (κ2) is 3.68. The molecule has 1 aromatic carbocycles. The number of hydrogen-bond donors (Lipinski definition) is 1. The van der Waals surface area contributed by atoms with E-state index in [-0.39, 0.29) is 0 Å². The quantitative estimate of drug-likeness (QED) is 0.719. The summed E-state index contributed by atoms with van der Waals surface area (Å²) in [6.07, 6.45) is 4.65. The van der Waals surface area contributed by atoms with Gasteiger partial charge in [-0.1, -0.05) is 24.3 Å². The van der Waals surface area contributed by atoms with Gasteiger partial charge in [0.05, 0.1) is 5.69 Å². The number of nitrogens with two attached hydrogens (primary N) is 1. The fraction of sp³-hybridized carbons (Fsp3) is 0.0667. The molecule has 1 aliphatic carbocycles. The fourth-order valence-corrected chi connectivity index (χ4v) is 2.64. The van der Waals surface area contributed by atoms with Crippen LogP contribution in [-0.4, -0.2) is 14.6 Å². The molecule has 0 bridgehead atoms. The van der Waals surface area contributed by atoms with Gasteiger partial charge in [0.2, 0.25) is 0 Å². The number of hydrogen-bond acceptors (Lipinski definition) is 3. The molecular weight excluding hydrogens is 236 g/mol. The number of fused-ring (bicyclic) bond motifs is 2. The van der Waals surface area contributed by atoms with Crippen molar-refractivity contribution < 1.29 is 0 Å². The summed E-state index contributed by atoms with van der Waals surface area (Å²) in [6, 6.07) is 12.5. The summed E-state index contributed by atoms with van der Waals surface area (Å²) in [5, 5.41) is 4.29. The maximum atomic E-state index is 5.86. The Morgan fingerprint density at radius 2 is 2.00 bits per heavy atom. The first-order valence-corrected chi connectivity index (χ1v) is 6.20. The van der Waals surface area contributed by atoms with Crippen molar-refractivity contribution in [1.82, 2.24) is 14.6 Å². The Balaban J connectivity index is 1.88. The van der Waals surface area contributed by atoms with Crippen LogP contribution in [0.15, 0.2) is 42.7 Å². The predicted molar refractivity (Wildman–Crippen MR) is 75.4 cm³/mol. The summed E-state index contributed by atoms with van der Waals surface area (Å²) in [4.78, 5) is 4.01. The van der Waals surface area contributed by atoms with Crippen LogP contribution in [0.2, 0.25) is 0 Å². The molecule has 0 amide bonds. The Kier molecular flexibility index (Phi) is 2.00. The van der Waals surface area contributed by atoms with Crippen molar-refractivity contribution in [3.05, 3.63) is 59.5 Å². The van der Waals surface area contributed by atoms with Crippen molar-refractivity contribution >= 4 is 23.0 Å². The minimum atomic E-state index is 0.511. The smallest absolute Gasteiger partial charge is 0.151 e. The highest BCUT2D eigenvalue weighted by Crippen LogP contribution is 2.32. The zero-order valence-corrected chi connectivity index (χ0v) is 10.2. The SMILES string of the molecule is Nc1ncnn2c(C3=Cc4ccccc4C3)ccc12. The first kappa shape index (κ1) is 10.3. The second-order valence-electron chi connectivity index (χ2n) is 4.71. The molecule has 92 valence electrons. The first-order chi connectivity index (χ1) is 9.33.